The molecular formula is C8H10F5N. The van der Waals surface area contributed by atoms with Crippen molar-refractivity contribution < 1.29 is 22.0 Å². The first-order valence-corrected chi connectivity index (χ1v) is 4.30. The Hall–Kier alpha value is -0.650. The lowest BCUT2D eigenvalue weighted by Crippen LogP contribution is -2.45. The molecule has 1 saturated heterocycles. The molecule has 0 atom stereocenters. The van der Waals surface area contributed by atoms with Crippen molar-refractivity contribution >= 4 is 0 Å². The zero-order chi connectivity index (χ0) is 10.8. The summed E-state index contributed by atoms with van der Waals surface area (Å²) in [5.74, 6) is -2.63. The molecule has 0 aromatic rings. The van der Waals surface area contributed by atoms with Gasteiger partial charge < -0.3 is 0 Å². The van der Waals surface area contributed by atoms with E-state index in [-0.39, 0.29) is 13.1 Å². The lowest BCUT2D eigenvalue weighted by molar-refractivity contribution is -0.138. The van der Waals surface area contributed by atoms with Crippen LogP contribution in [0.3, 0.4) is 0 Å². The molecule has 6 heteroatoms. The Kier molecular flexibility index (Phi) is 3.47. The number of halogens is 5. The molecular weight excluding hydrogens is 205 g/mol. The van der Waals surface area contributed by atoms with Crippen molar-refractivity contribution in [1.29, 1.82) is 0 Å². The largest absolute Gasteiger partial charge is 0.363 e. The highest BCUT2D eigenvalue weighted by molar-refractivity contribution is 5.04. The van der Waals surface area contributed by atoms with E-state index < -0.39 is 18.0 Å². The van der Waals surface area contributed by atoms with E-state index >= 15 is 0 Å². The van der Waals surface area contributed by atoms with Gasteiger partial charge in [-0.05, 0) is 12.8 Å². The first-order chi connectivity index (χ1) is 6.46. The SMILES string of the molecule is FC(F)=C(F)C(F)(F)N1CCCCC1. The minimum absolute atomic E-state index is 0.0479. The number of nitrogens with zero attached hydrogens (tertiary/aromatic N) is 1. The maximum Gasteiger partial charge on any atom is 0.363 e. The van der Waals surface area contributed by atoms with Gasteiger partial charge in [-0.25, -0.2) is 4.90 Å². The first-order valence-electron chi connectivity index (χ1n) is 4.30. The van der Waals surface area contributed by atoms with Gasteiger partial charge in [0.25, 0.3) is 0 Å². The van der Waals surface area contributed by atoms with Crippen molar-refractivity contribution in [2.24, 2.45) is 0 Å². The molecule has 1 aliphatic rings. The number of rotatable bonds is 2. The summed E-state index contributed by atoms with van der Waals surface area (Å²) in [5.41, 5.74) is 0. The molecule has 14 heavy (non-hydrogen) atoms. The van der Waals surface area contributed by atoms with E-state index in [1.165, 1.54) is 0 Å². The average molecular weight is 215 g/mol. The van der Waals surface area contributed by atoms with Crippen LogP contribution in [-0.4, -0.2) is 24.0 Å². The standard InChI is InChI=1S/C8H10F5N/c9-6(7(10)11)8(12,13)14-4-2-1-3-5-14/h1-5H2. The molecule has 0 bridgehead atoms. The van der Waals surface area contributed by atoms with Crippen LogP contribution in [-0.2, 0) is 0 Å². The Balaban J connectivity index is 2.77. The zero-order valence-electron chi connectivity index (χ0n) is 7.37. The Morgan fingerprint density at radius 1 is 0.929 bits per heavy atom. The van der Waals surface area contributed by atoms with Gasteiger partial charge in [0.15, 0.2) is 0 Å². The number of hydrogen-bond acceptors (Lipinski definition) is 1. The third kappa shape index (κ3) is 2.23. The molecule has 0 N–H and O–H groups in total. The molecule has 1 fully saturated rings. The number of likely N-dealkylation sites (tertiary alicyclic amines) is 1. The molecule has 1 nitrogen and oxygen atoms in total. The van der Waals surface area contributed by atoms with Crippen LogP contribution >= 0.6 is 0 Å². The fourth-order valence-corrected chi connectivity index (χ4v) is 1.43. The van der Waals surface area contributed by atoms with Crippen molar-refractivity contribution in [1.82, 2.24) is 4.90 Å². The molecule has 82 valence electrons. The Labute approximate surface area is 78.2 Å². The summed E-state index contributed by atoms with van der Waals surface area (Å²) in [6, 6.07) is -4.15. The number of hydrogen-bond donors (Lipinski definition) is 0. The van der Waals surface area contributed by atoms with E-state index in [4.69, 9.17) is 0 Å². The fourth-order valence-electron chi connectivity index (χ4n) is 1.43. The van der Waals surface area contributed by atoms with Gasteiger partial charge >= 0.3 is 12.1 Å². The average Bonchev–Trinajstić information content (AvgIpc) is 2.18. The van der Waals surface area contributed by atoms with E-state index in [1.54, 1.807) is 0 Å². The maximum atomic E-state index is 13.0. The van der Waals surface area contributed by atoms with Gasteiger partial charge in [0.2, 0.25) is 5.83 Å². The van der Waals surface area contributed by atoms with Crippen molar-refractivity contribution in [3.63, 3.8) is 0 Å². The zero-order valence-corrected chi connectivity index (χ0v) is 7.37. The summed E-state index contributed by atoms with van der Waals surface area (Å²) in [6.07, 6.45) is -1.20. The molecule has 0 unspecified atom stereocenters. The Bertz CT molecular complexity index is 228. The smallest absolute Gasteiger partial charge is 0.238 e. The summed E-state index contributed by atoms with van der Waals surface area (Å²) >= 11 is 0. The van der Waals surface area contributed by atoms with E-state index in [2.05, 4.69) is 0 Å². The minimum atomic E-state index is -4.15. The van der Waals surface area contributed by atoms with Gasteiger partial charge in [0.05, 0.1) is 0 Å². The Morgan fingerprint density at radius 2 is 1.43 bits per heavy atom. The highest BCUT2D eigenvalue weighted by atomic mass is 19.3. The van der Waals surface area contributed by atoms with Crippen LogP contribution in [0.4, 0.5) is 22.0 Å². The number of piperidine rings is 1. The molecule has 0 spiro atoms. The second-order valence-electron chi connectivity index (χ2n) is 3.16. The van der Waals surface area contributed by atoms with Crippen LogP contribution in [0.2, 0.25) is 0 Å². The molecule has 1 rings (SSSR count). The van der Waals surface area contributed by atoms with Crippen LogP contribution in [0.1, 0.15) is 19.3 Å². The van der Waals surface area contributed by atoms with Gasteiger partial charge in [0, 0.05) is 13.1 Å². The quantitative estimate of drug-likeness (QED) is 0.505. The molecule has 0 radical (unpaired) electrons. The molecule has 0 aromatic carbocycles. The minimum Gasteiger partial charge on any atom is -0.238 e. The third-order valence-corrected chi connectivity index (χ3v) is 2.18. The van der Waals surface area contributed by atoms with E-state index in [0.29, 0.717) is 17.7 Å². The summed E-state index contributed by atoms with van der Waals surface area (Å²) in [7, 11) is 0. The van der Waals surface area contributed by atoms with Crippen LogP contribution in [0.15, 0.2) is 11.9 Å². The second-order valence-corrected chi connectivity index (χ2v) is 3.16. The summed E-state index contributed by atoms with van der Waals surface area (Å²) in [5, 5.41) is 0. The van der Waals surface area contributed by atoms with E-state index in [0.717, 1.165) is 6.42 Å². The van der Waals surface area contributed by atoms with Crippen molar-refractivity contribution in [2.45, 2.75) is 25.3 Å². The van der Waals surface area contributed by atoms with Gasteiger partial charge in [-0.15, -0.1) is 0 Å². The normalized spacial score (nSPS) is 19.5. The van der Waals surface area contributed by atoms with Crippen LogP contribution < -0.4 is 0 Å². The van der Waals surface area contributed by atoms with Gasteiger partial charge in [-0.2, -0.15) is 22.0 Å². The van der Waals surface area contributed by atoms with Crippen molar-refractivity contribution in [3.8, 4) is 0 Å². The lowest BCUT2D eigenvalue weighted by atomic mass is 10.1. The maximum absolute atomic E-state index is 13.0. The van der Waals surface area contributed by atoms with Crippen molar-refractivity contribution in [2.75, 3.05) is 13.1 Å². The summed E-state index contributed by atoms with van der Waals surface area (Å²) in [4.78, 5) is 0.449. The highest BCUT2D eigenvalue weighted by Crippen LogP contribution is 2.34. The summed E-state index contributed by atoms with van der Waals surface area (Å²) in [6.45, 7) is -0.0958. The third-order valence-electron chi connectivity index (χ3n) is 2.18. The molecule has 0 saturated carbocycles. The lowest BCUT2D eigenvalue weighted by Gasteiger charge is -2.32. The summed E-state index contributed by atoms with van der Waals surface area (Å²) < 4.78 is 61.7. The monoisotopic (exact) mass is 215 g/mol. The first kappa shape index (κ1) is 11.4. The topological polar surface area (TPSA) is 3.24 Å². The molecule has 0 aromatic heterocycles. The van der Waals surface area contributed by atoms with Crippen LogP contribution in [0.25, 0.3) is 0 Å². The van der Waals surface area contributed by atoms with E-state index in [1.807, 2.05) is 0 Å². The highest BCUT2D eigenvalue weighted by Gasteiger charge is 2.45. The second kappa shape index (κ2) is 4.25. The molecule has 0 amide bonds. The van der Waals surface area contributed by atoms with E-state index in [9.17, 15) is 22.0 Å². The molecule has 1 heterocycles. The predicted molar refractivity (Wildman–Crippen MR) is 40.7 cm³/mol. The molecule has 0 aliphatic carbocycles. The fraction of sp³-hybridized carbons (Fsp3) is 0.750. The molecule has 1 aliphatic heterocycles. The van der Waals surface area contributed by atoms with Crippen LogP contribution in [0.5, 0.6) is 0 Å². The van der Waals surface area contributed by atoms with Gasteiger partial charge in [0.1, 0.15) is 0 Å². The van der Waals surface area contributed by atoms with Crippen molar-refractivity contribution in [3.05, 3.63) is 11.9 Å². The predicted octanol–water partition coefficient (Wildman–Crippen LogP) is 3.14. The van der Waals surface area contributed by atoms with Gasteiger partial charge in [-0.1, -0.05) is 6.42 Å². The number of alkyl halides is 2. The van der Waals surface area contributed by atoms with Gasteiger partial charge in [-0.3, -0.25) is 0 Å². The van der Waals surface area contributed by atoms with Crippen LogP contribution in [0, 0.1) is 0 Å². The Morgan fingerprint density at radius 3 is 1.86 bits per heavy atom.